The Morgan fingerprint density at radius 1 is 0.952 bits per heavy atom. The molecule has 2 N–H and O–H groups in total. The second-order valence-corrected chi connectivity index (χ2v) is 6.01. The average Bonchev–Trinajstić information content (AvgIpc) is 2.45. The van der Waals surface area contributed by atoms with Gasteiger partial charge in [0.15, 0.2) is 0 Å². The predicted octanol–water partition coefficient (Wildman–Crippen LogP) is 4.28. The van der Waals surface area contributed by atoms with Crippen molar-refractivity contribution in [1.82, 2.24) is 0 Å². The monoisotopic (exact) mass is 283 g/mol. The van der Waals surface area contributed by atoms with E-state index in [1.54, 1.807) is 0 Å². The van der Waals surface area contributed by atoms with Crippen LogP contribution in [0.25, 0.3) is 0 Å². The molecule has 0 heterocycles. The fourth-order valence-corrected chi connectivity index (χ4v) is 2.30. The topological polar surface area (TPSA) is 35.2 Å². The molecule has 2 nitrogen and oxygen atoms in total. The highest BCUT2D eigenvalue weighted by Crippen LogP contribution is 2.18. The van der Waals surface area contributed by atoms with Gasteiger partial charge in [-0.15, -0.1) is 0 Å². The van der Waals surface area contributed by atoms with Gasteiger partial charge in [-0.1, -0.05) is 50.2 Å². The zero-order valence-corrected chi connectivity index (χ0v) is 13.2. The van der Waals surface area contributed by atoms with Crippen molar-refractivity contribution in [2.75, 3.05) is 0 Å². The molecule has 2 aromatic carbocycles. The summed E-state index contributed by atoms with van der Waals surface area (Å²) in [4.78, 5) is 0. The lowest BCUT2D eigenvalue weighted by atomic mass is 10.0. The largest absolute Gasteiger partial charge is 0.489 e. The minimum Gasteiger partial charge on any atom is -0.489 e. The quantitative estimate of drug-likeness (QED) is 0.859. The molecule has 0 saturated carbocycles. The van der Waals surface area contributed by atoms with Crippen molar-refractivity contribution in [1.29, 1.82) is 0 Å². The average molecular weight is 283 g/mol. The van der Waals surface area contributed by atoms with Crippen LogP contribution in [0.15, 0.2) is 48.5 Å². The van der Waals surface area contributed by atoms with E-state index in [1.807, 2.05) is 19.1 Å². The highest BCUT2D eigenvalue weighted by atomic mass is 16.5. The third-order valence-electron chi connectivity index (χ3n) is 3.51. The molecule has 0 aliphatic rings. The zero-order valence-electron chi connectivity index (χ0n) is 13.2. The van der Waals surface area contributed by atoms with Gasteiger partial charge in [0.25, 0.3) is 0 Å². The minimum absolute atomic E-state index is 0.170. The van der Waals surface area contributed by atoms with E-state index in [0.29, 0.717) is 12.5 Å². The summed E-state index contributed by atoms with van der Waals surface area (Å²) < 4.78 is 5.87. The number of rotatable bonds is 6. The third-order valence-corrected chi connectivity index (χ3v) is 3.51. The molecule has 0 aliphatic carbocycles. The molecule has 1 atom stereocenters. The molecular weight excluding hydrogens is 258 g/mol. The normalized spacial score (nSPS) is 12.4. The lowest BCUT2D eigenvalue weighted by Gasteiger charge is -2.10. The molecule has 21 heavy (non-hydrogen) atoms. The highest BCUT2D eigenvalue weighted by Gasteiger charge is 2.02. The van der Waals surface area contributed by atoms with Gasteiger partial charge in [0, 0.05) is 6.04 Å². The summed E-state index contributed by atoms with van der Waals surface area (Å²) in [7, 11) is 0. The number of ether oxygens (including phenoxy) is 1. The zero-order chi connectivity index (χ0) is 15.2. The minimum atomic E-state index is 0.170. The summed E-state index contributed by atoms with van der Waals surface area (Å²) >= 11 is 0. The first-order chi connectivity index (χ1) is 10.0. The van der Waals surface area contributed by atoms with E-state index in [9.17, 15) is 0 Å². The van der Waals surface area contributed by atoms with Crippen LogP contribution in [0.3, 0.4) is 0 Å². The van der Waals surface area contributed by atoms with Crippen LogP contribution in [-0.4, -0.2) is 6.04 Å². The van der Waals surface area contributed by atoms with Gasteiger partial charge in [0.05, 0.1) is 0 Å². The number of hydrogen-bond donors (Lipinski definition) is 1. The van der Waals surface area contributed by atoms with Crippen molar-refractivity contribution in [3.05, 3.63) is 65.2 Å². The van der Waals surface area contributed by atoms with Crippen molar-refractivity contribution in [2.24, 2.45) is 5.73 Å². The van der Waals surface area contributed by atoms with E-state index in [-0.39, 0.29) is 6.04 Å². The Kier molecular flexibility index (Phi) is 5.40. The van der Waals surface area contributed by atoms with Crippen LogP contribution in [0.1, 0.15) is 43.4 Å². The van der Waals surface area contributed by atoms with Crippen LogP contribution in [0, 0.1) is 0 Å². The van der Waals surface area contributed by atoms with Crippen molar-refractivity contribution >= 4 is 0 Å². The summed E-state index contributed by atoms with van der Waals surface area (Å²) in [5.74, 6) is 1.47. The third kappa shape index (κ3) is 4.91. The molecule has 0 aromatic heterocycles. The molecule has 0 amide bonds. The first-order valence-electron chi connectivity index (χ1n) is 7.60. The highest BCUT2D eigenvalue weighted by molar-refractivity contribution is 5.30. The van der Waals surface area contributed by atoms with Gasteiger partial charge in [-0.3, -0.25) is 0 Å². The second kappa shape index (κ2) is 7.28. The summed E-state index contributed by atoms with van der Waals surface area (Å²) in [5.41, 5.74) is 9.61. The molecule has 0 radical (unpaired) electrons. The predicted molar refractivity (Wildman–Crippen MR) is 88.7 cm³/mol. The van der Waals surface area contributed by atoms with Crippen molar-refractivity contribution in [2.45, 2.75) is 45.8 Å². The molecule has 0 fully saturated rings. The van der Waals surface area contributed by atoms with E-state index >= 15 is 0 Å². The molecule has 1 unspecified atom stereocenters. The number of hydrogen-bond acceptors (Lipinski definition) is 2. The number of nitrogens with two attached hydrogens (primary N) is 1. The Morgan fingerprint density at radius 3 is 2.29 bits per heavy atom. The maximum atomic E-state index is 5.87. The maximum Gasteiger partial charge on any atom is 0.120 e. The van der Waals surface area contributed by atoms with Crippen molar-refractivity contribution < 1.29 is 4.74 Å². The first kappa shape index (κ1) is 15.6. The van der Waals surface area contributed by atoms with Crippen LogP contribution in [0.5, 0.6) is 5.75 Å². The Bertz CT molecular complexity index is 558. The van der Waals surface area contributed by atoms with Crippen molar-refractivity contribution in [3.63, 3.8) is 0 Å². The summed E-state index contributed by atoms with van der Waals surface area (Å²) in [6, 6.07) is 17.0. The summed E-state index contributed by atoms with van der Waals surface area (Å²) in [6.45, 7) is 7.02. The molecular formula is C19H25NO. The van der Waals surface area contributed by atoms with Crippen LogP contribution in [-0.2, 0) is 13.0 Å². The SMILES string of the molecule is CC(N)Cc1cccc(OCc2ccc(C(C)C)cc2)c1. The van der Waals surface area contributed by atoms with Gasteiger partial charge in [0.2, 0.25) is 0 Å². The fourth-order valence-electron chi connectivity index (χ4n) is 2.30. The lowest BCUT2D eigenvalue weighted by molar-refractivity contribution is 0.306. The van der Waals surface area contributed by atoms with E-state index < -0.39 is 0 Å². The Hall–Kier alpha value is -1.80. The molecule has 112 valence electrons. The first-order valence-corrected chi connectivity index (χ1v) is 7.60. The lowest BCUT2D eigenvalue weighted by Crippen LogP contribution is -2.17. The summed E-state index contributed by atoms with van der Waals surface area (Å²) in [5, 5.41) is 0. The molecule has 0 saturated heterocycles. The van der Waals surface area contributed by atoms with Crippen LogP contribution >= 0.6 is 0 Å². The van der Waals surface area contributed by atoms with Gasteiger partial charge in [0.1, 0.15) is 12.4 Å². The fraction of sp³-hybridized carbons (Fsp3) is 0.368. The standard InChI is InChI=1S/C19H25NO/c1-14(2)18-9-7-16(8-10-18)13-21-19-6-4-5-17(12-19)11-15(3)20/h4-10,12,14-15H,11,13,20H2,1-3H3. The second-order valence-electron chi connectivity index (χ2n) is 6.01. The van der Waals surface area contributed by atoms with E-state index in [4.69, 9.17) is 10.5 Å². The van der Waals surface area contributed by atoms with Gasteiger partial charge in [-0.2, -0.15) is 0 Å². The van der Waals surface area contributed by atoms with Crippen LogP contribution in [0.2, 0.25) is 0 Å². The van der Waals surface area contributed by atoms with Gasteiger partial charge in [-0.05, 0) is 48.1 Å². The van der Waals surface area contributed by atoms with Gasteiger partial charge >= 0.3 is 0 Å². The van der Waals surface area contributed by atoms with Gasteiger partial charge < -0.3 is 10.5 Å². The summed E-state index contributed by atoms with van der Waals surface area (Å²) in [6.07, 6.45) is 0.875. The smallest absolute Gasteiger partial charge is 0.120 e. The molecule has 2 rings (SSSR count). The van der Waals surface area contributed by atoms with Crippen LogP contribution < -0.4 is 10.5 Å². The maximum absolute atomic E-state index is 5.87. The van der Waals surface area contributed by atoms with Crippen molar-refractivity contribution in [3.8, 4) is 5.75 Å². The van der Waals surface area contributed by atoms with E-state index in [2.05, 4.69) is 50.2 Å². The Balaban J connectivity index is 1.96. The molecule has 2 aromatic rings. The van der Waals surface area contributed by atoms with Crippen LogP contribution in [0.4, 0.5) is 0 Å². The molecule has 0 bridgehead atoms. The molecule has 0 aliphatic heterocycles. The molecule has 0 spiro atoms. The van der Waals surface area contributed by atoms with Gasteiger partial charge in [-0.25, -0.2) is 0 Å². The van der Waals surface area contributed by atoms with E-state index in [1.165, 1.54) is 16.7 Å². The Morgan fingerprint density at radius 2 is 1.67 bits per heavy atom. The Labute approximate surface area is 127 Å². The number of benzene rings is 2. The van der Waals surface area contributed by atoms with E-state index in [0.717, 1.165) is 12.2 Å². The molecule has 2 heteroatoms.